The maximum atomic E-state index is 13.4. The molecule has 0 radical (unpaired) electrons. The molecule has 5 nitrogen and oxygen atoms in total. The lowest BCUT2D eigenvalue weighted by molar-refractivity contribution is -0.116. The van der Waals surface area contributed by atoms with E-state index in [0.29, 0.717) is 11.3 Å². The van der Waals surface area contributed by atoms with Gasteiger partial charge in [-0.3, -0.25) is 14.2 Å². The summed E-state index contributed by atoms with van der Waals surface area (Å²) in [6, 6.07) is 6.18. The first-order chi connectivity index (χ1) is 16.0. The second kappa shape index (κ2) is 9.29. The standard InChI is InChI=1S/C28H37N3O2S/c1-16(2)19-9-8-10-20(17(3)4)25(19)30-23(32)14-31-15-29-26-24(27(31)33)21-12-11-18(28(5,6)7)13-22(21)34-26/h8-10,15-18H,11-14H2,1-7H3,(H,30,32)/t18-/m1/s1. The Bertz CT molecular complexity index is 1250. The van der Waals surface area contributed by atoms with Crippen LogP contribution in [-0.4, -0.2) is 15.5 Å². The van der Waals surface area contributed by atoms with Crippen LogP contribution in [0.25, 0.3) is 10.2 Å². The second-order valence-electron chi connectivity index (χ2n) is 11.3. The number of aryl methyl sites for hydroxylation is 1. The number of hydrogen-bond donors (Lipinski definition) is 1. The van der Waals surface area contributed by atoms with Gasteiger partial charge in [-0.2, -0.15) is 0 Å². The van der Waals surface area contributed by atoms with Crippen molar-refractivity contribution in [3.05, 3.63) is 56.4 Å². The molecular weight excluding hydrogens is 442 g/mol. The van der Waals surface area contributed by atoms with Crippen LogP contribution in [0, 0.1) is 11.3 Å². The molecule has 182 valence electrons. The van der Waals surface area contributed by atoms with Crippen LogP contribution in [0.3, 0.4) is 0 Å². The molecule has 1 aromatic carbocycles. The average molecular weight is 480 g/mol. The lowest BCUT2D eigenvalue weighted by Crippen LogP contribution is -2.29. The SMILES string of the molecule is CC(C)c1cccc(C(C)C)c1NC(=O)Cn1cnc2sc3c(c2c1=O)CC[C@@H](C(C)(C)C)C3. The highest BCUT2D eigenvalue weighted by Gasteiger charge is 2.31. The fourth-order valence-corrected chi connectivity index (χ4v) is 6.34. The highest BCUT2D eigenvalue weighted by atomic mass is 32.1. The number of anilines is 1. The number of thiophene rings is 1. The average Bonchev–Trinajstić information content (AvgIpc) is 3.13. The van der Waals surface area contributed by atoms with Gasteiger partial charge in [-0.1, -0.05) is 66.7 Å². The zero-order valence-electron chi connectivity index (χ0n) is 21.5. The van der Waals surface area contributed by atoms with E-state index in [0.717, 1.165) is 46.5 Å². The number of hydrogen-bond acceptors (Lipinski definition) is 4. The van der Waals surface area contributed by atoms with Crippen molar-refractivity contribution in [1.82, 2.24) is 9.55 Å². The minimum Gasteiger partial charge on any atom is -0.324 e. The summed E-state index contributed by atoms with van der Waals surface area (Å²) in [5.41, 5.74) is 4.40. The van der Waals surface area contributed by atoms with Crippen LogP contribution >= 0.6 is 11.3 Å². The summed E-state index contributed by atoms with van der Waals surface area (Å²) in [7, 11) is 0. The Morgan fingerprint density at radius 2 is 1.82 bits per heavy atom. The topological polar surface area (TPSA) is 64.0 Å². The van der Waals surface area contributed by atoms with E-state index < -0.39 is 0 Å². The van der Waals surface area contributed by atoms with Crippen LogP contribution in [0.1, 0.15) is 88.3 Å². The predicted octanol–water partition coefficient (Wildman–Crippen LogP) is 6.49. The largest absolute Gasteiger partial charge is 0.324 e. The van der Waals surface area contributed by atoms with Crippen molar-refractivity contribution in [2.45, 2.75) is 86.1 Å². The minimum absolute atomic E-state index is 0.0407. The third-order valence-electron chi connectivity index (χ3n) is 7.21. The zero-order chi connectivity index (χ0) is 24.8. The van der Waals surface area contributed by atoms with Crippen LogP contribution in [0.4, 0.5) is 5.69 Å². The first-order valence-electron chi connectivity index (χ1n) is 12.4. The Morgan fingerprint density at radius 3 is 2.41 bits per heavy atom. The lowest BCUT2D eigenvalue weighted by Gasteiger charge is -2.33. The van der Waals surface area contributed by atoms with Gasteiger partial charge in [0.1, 0.15) is 11.4 Å². The molecule has 1 atom stereocenters. The first kappa shape index (κ1) is 24.6. The fraction of sp³-hybridized carbons (Fsp3) is 0.536. The summed E-state index contributed by atoms with van der Waals surface area (Å²) in [5, 5.41) is 3.84. The van der Waals surface area contributed by atoms with Crippen LogP contribution in [0.5, 0.6) is 0 Å². The summed E-state index contributed by atoms with van der Waals surface area (Å²) in [6.45, 7) is 15.3. The van der Waals surface area contributed by atoms with Crippen molar-refractivity contribution in [1.29, 1.82) is 0 Å². The normalized spacial score (nSPS) is 16.3. The molecule has 0 aliphatic heterocycles. The van der Waals surface area contributed by atoms with Gasteiger partial charge in [-0.05, 0) is 59.1 Å². The molecular formula is C28H37N3O2S. The van der Waals surface area contributed by atoms with E-state index >= 15 is 0 Å². The Morgan fingerprint density at radius 1 is 1.18 bits per heavy atom. The van der Waals surface area contributed by atoms with Gasteiger partial charge in [0.05, 0.1) is 11.7 Å². The number of rotatable bonds is 5. The first-order valence-corrected chi connectivity index (χ1v) is 13.2. The van der Waals surface area contributed by atoms with E-state index in [9.17, 15) is 9.59 Å². The summed E-state index contributed by atoms with van der Waals surface area (Å²) >= 11 is 1.65. The molecule has 2 heterocycles. The van der Waals surface area contributed by atoms with Gasteiger partial charge in [0, 0.05) is 10.6 Å². The molecule has 0 bridgehead atoms. The molecule has 1 aliphatic rings. The number of para-hydroxylation sites is 1. The van der Waals surface area contributed by atoms with Crippen LogP contribution in [0.15, 0.2) is 29.3 Å². The Hall–Kier alpha value is -2.47. The molecule has 0 saturated carbocycles. The molecule has 1 amide bonds. The van der Waals surface area contributed by atoms with Crippen molar-refractivity contribution >= 4 is 33.1 Å². The summed E-state index contributed by atoms with van der Waals surface area (Å²) in [5.74, 6) is 0.973. The van der Waals surface area contributed by atoms with Gasteiger partial charge in [-0.15, -0.1) is 11.3 Å². The molecule has 2 aromatic heterocycles. The van der Waals surface area contributed by atoms with Crippen LogP contribution in [-0.2, 0) is 24.2 Å². The zero-order valence-corrected chi connectivity index (χ0v) is 22.3. The van der Waals surface area contributed by atoms with Gasteiger partial charge < -0.3 is 5.32 Å². The number of carbonyl (C=O) groups excluding carboxylic acids is 1. The number of amides is 1. The van der Waals surface area contributed by atoms with Gasteiger partial charge in [-0.25, -0.2) is 4.98 Å². The van der Waals surface area contributed by atoms with Crippen LogP contribution < -0.4 is 10.9 Å². The van der Waals surface area contributed by atoms with Crippen molar-refractivity contribution < 1.29 is 4.79 Å². The number of fused-ring (bicyclic) bond motifs is 3. The van der Waals surface area contributed by atoms with Gasteiger partial charge in [0.25, 0.3) is 5.56 Å². The predicted molar refractivity (Wildman–Crippen MR) is 142 cm³/mol. The highest BCUT2D eigenvalue weighted by molar-refractivity contribution is 7.18. The maximum Gasteiger partial charge on any atom is 0.262 e. The van der Waals surface area contributed by atoms with Crippen molar-refractivity contribution in [2.75, 3.05) is 5.32 Å². The number of carbonyl (C=O) groups is 1. The minimum atomic E-state index is -0.199. The lowest BCUT2D eigenvalue weighted by atomic mass is 9.72. The molecule has 34 heavy (non-hydrogen) atoms. The van der Waals surface area contributed by atoms with E-state index in [4.69, 9.17) is 0 Å². The van der Waals surface area contributed by atoms with E-state index in [1.54, 1.807) is 11.3 Å². The second-order valence-corrected chi connectivity index (χ2v) is 12.4. The van der Waals surface area contributed by atoms with E-state index in [1.165, 1.54) is 15.8 Å². The van der Waals surface area contributed by atoms with Crippen molar-refractivity contribution in [2.24, 2.45) is 11.3 Å². The molecule has 6 heteroatoms. The monoisotopic (exact) mass is 479 g/mol. The van der Waals surface area contributed by atoms with Gasteiger partial charge >= 0.3 is 0 Å². The Balaban J connectivity index is 1.63. The number of nitrogens with zero attached hydrogens (tertiary/aromatic N) is 2. The molecule has 0 unspecified atom stereocenters. The fourth-order valence-electron chi connectivity index (χ4n) is 5.08. The number of benzene rings is 1. The number of aromatic nitrogens is 2. The van der Waals surface area contributed by atoms with Crippen molar-refractivity contribution in [3.8, 4) is 0 Å². The number of nitrogens with one attached hydrogen (secondary N) is 1. The summed E-state index contributed by atoms with van der Waals surface area (Å²) in [4.78, 5) is 33.2. The molecule has 0 fully saturated rings. The van der Waals surface area contributed by atoms with Crippen molar-refractivity contribution in [3.63, 3.8) is 0 Å². The molecule has 1 N–H and O–H groups in total. The van der Waals surface area contributed by atoms with E-state index in [1.807, 2.05) is 6.07 Å². The van der Waals surface area contributed by atoms with E-state index in [2.05, 4.69) is 70.9 Å². The molecule has 0 spiro atoms. The molecule has 1 aliphatic carbocycles. The third-order valence-corrected chi connectivity index (χ3v) is 8.37. The Kier molecular flexibility index (Phi) is 6.74. The molecule has 0 saturated heterocycles. The van der Waals surface area contributed by atoms with E-state index in [-0.39, 0.29) is 35.3 Å². The van der Waals surface area contributed by atoms with Crippen LogP contribution in [0.2, 0.25) is 0 Å². The summed E-state index contributed by atoms with van der Waals surface area (Å²) < 4.78 is 1.47. The smallest absolute Gasteiger partial charge is 0.262 e. The highest BCUT2D eigenvalue weighted by Crippen LogP contribution is 2.42. The van der Waals surface area contributed by atoms with Gasteiger partial charge in [0.2, 0.25) is 5.91 Å². The quantitative estimate of drug-likeness (QED) is 0.455. The summed E-state index contributed by atoms with van der Waals surface area (Å²) in [6.07, 6.45) is 4.53. The Labute approximate surface area is 206 Å². The molecule has 3 aromatic rings. The molecule has 4 rings (SSSR count). The third kappa shape index (κ3) is 4.70. The van der Waals surface area contributed by atoms with Gasteiger partial charge in [0.15, 0.2) is 0 Å². The maximum absolute atomic E-state index is 13.4.